The summed E-state index contributed by atoms with van der Waals surface area (Å²) in [4.78, 5) is 15.6. The molecular formula is C11H13N3O. The molecule has 0 radical (unpaired) electrons. The fraction of sp³-hybridized carbons (Fsp3) is 0.364. The maximum Gasteiger partial charge on any atom is 0.244 e. The van der Waals surface area contributed by atoms with Gasteiger partial charge in [-0.2, -0.15) is 5.26 Å². The first-order valence-corrected chi connectivity index (χ1v) is 4.61. The molecule has 1 aromatic rings. The van der Waals surface area contributed by atoms with Crippen molar-refractivity contribution in [1.82, 2.24) is 4.98 Å². The summed E-state index contributed by atoms with van der Waals surface area (Å²) in [5.74, 6) is -0.323. The lowest BCUT2D eigenvalue weighted by molar-refractivity contribution is -0.121. The summed E-state index contributed by atoms with van der Waals surface area (Å²) in [5.41, 5.74) is 0.465. The number of hydrogen-bond donors (Lipinski definition) is 1. The minimum Gasteiger partial charge on any atom is -0.323 e. The predicted octanol–water partition coefficient (Wildman–Crippen LogP) is 1.88. The molecule has 0 unspecified atom stereocenters. The maximum atomic E-state index is 11.6. The molecule has 0 saturated carbocycles. The lowest BCUT2D eigenvalue weighted by Gasteiger charge is -2.14. The first kappa shape index (κ1) is 11.2. The van der Waals surface area contributed by atoms with Crippen LogP contribution in [0.4, 0.5) is 5.69 Å². The highest BCUT2D eigenvalue weighted by molar-refractivity contribution is 5.96. The molecule has 78 valence electrons. The Balaban J connectivity index is 2.76. The van der Waals surface area contributed by atoms with Crippen LogP contribution in [0.5, 0.6) is 0 Å². The van der Waals surface area contributed by atoms with E-state index in [0.29, 0.717) is 5.69 Å². The highest BCUT2D eigenvalue weighted by Crippen LogP contribution is 2.16. The van der Waals surface area contributed by atoms with Crippen molar-refractivity contribution in [1.29, 1.82) is 5.26 Å². The van der Waals surface area contributed by atoms with Gasteiger partial charge in [-0.15, -0.1) is 0 Å². The van der Waals surface area contributed by atoms with Crippen LogP contribution in [0.15, 0.2) is 18.3 Å². The number of aromatic nitrogens is 1. The number of hydrogen-bond acceptors (Lipinski definition) is 3. The largest absolute Gasteiger partial charge is 0.323 e. The van der Waals surface area contributed by atoms with Gasteiger partial charge in [0.1, 0.15) is 5.41 Å². The minimum absolute atomic E-state index is 0.323. The fourth-order valence-corrected chi connectivity index (χ4v) is 0.880. The van der Waals surface area contributed by atoms with Crippen LogP contribution in [-0.2, 0) is 4.79 Å². The quantitative estimate of drug-likeness (QED) is 0.798. The van der Waals surface area contributed by atoms with Crippen molar-refractivity contribution >= 4 is 11.6 Å². The van der Waals surface area contributed by atoms with Gasteiger partial charge in [-0.1, -0.05) is 0 Å². The summed E-state index contributed by atoms with van der Waals surface area (Å²) in [6.07, 6.45) is 1.57. The first-order valence-electron chi connectivity index (χ1n) is 4.61. The second-order valence-corrected chi connectivity index (χ2v) is 3.88. The van der Waals surface area contributed by atoms with E-state index >= 15 is 0 Å². The van der Waals surface area contributed by atoms with Gasteiger partial charge in [0.05, 0.1) is 18.0 Å². The number of aryl methyl sites for hydroxylation is 1. The molecule has 0 fully saturated rings. The Morgan fingerprint density at radius 2 is 2.20 bits per heavy atom. The van der Waals surface area contributed by atoms with E-state index in [1.807, 2.05) is 13.0 Å². The van der Waals surface area contributed by atoms with Crippen LogP contribution in [-0.4, -0.2) is 10.9 Å². The molecule has 0 atom stereocenters. The first-order chi connectivity index (χ1) is 6.95. The number of nitrogens with one attached hydrogen (secondary N) is 1. The molecule has 4 nitrogen and oxygen atoms in total. The third-order valence-corrected chi connectivity index (χ3v) is 2.02. The normalized spacial score (nSPS) is 10.5. The van der Waals surface area contributed by atoms with Gasteiger partial charge in [-0.05, 0) is 32.9 Å². The van der Waals surface area contributed by atoms with Crippen LogP contribution in [0.3, 0.4) is 0 Å². The number of rotatable bonds is 2. The van der Waals surface area contributed by atoms with Gasteiger partial charge in [0.15, 0.2) is 0 Å². The Bertz CT molecular complexity index is 401. The van der Waals surface area contributed by atoms with Crippen molar-refractivity contribution < 1.29 is 4.79 Å². The van der Waals surface area contributed by atoms with Crippen LogP contribution in [0.25, 0.3) is 0 Å². The van der Waals surface area contributed by atoms with E-state index < -0.39 is 5.41 Å². The third-order valence-electron chi connectivity index (χ3n) is 2.02. The van der Waals surface area contributed by atoms with Gasteiger partial charge in [-0.25, -0.2) is 0 Å². The Morgan fingerprint density at radius 1 is 1.53 bits per heavy atom. The Kier molecular flexibility index (Phi) is 3.05. The molecule has 15 heavy (non-hydrogen) atoms. The van der Waals surface area contributed by atoms with Crippen LogP contribution in [0.2, 0.25) is 0 Å². The van der Waals surface area contributed by atoms with Gasteiger partial charge in [0, 0.05) is 5.69 Å². The van der Waals surface area contributed by atoms with E-state index in [1.54, 1.807) is 32.2 Å². The van der Waals surface area contributed by atoms with E-state index in [9.17, 15) is 4.79 Å². The van der Waals surface area contributed by atoms with E-state index in [2.05, 4.69) is 10.3 Å². The van der Waals surface area contributed by atoms with Crippen LogP contribution < -0.4 is 5.32 Å². The van der Waals surface area contributed by atoms with Crippen molar-refractivity contribution in [2.75, 3.05) is 5.32 Å². The molecule has 0 spiro atoms. The van der Waals surface area contributed by atoms with Crippen molar-refractivity contribution in [3.05, 3.63) is 24.0 Å². The summed E-state index contributed by atoms with van der Waals surface area (Å²) in [5, 5.41) is 11.4. The lowest BCUT2D eigenvalue weighted by atomic mass is 9.95. The second-order valence-electron chi connectivity index (χ2n) is 3.88. The molecule has 0 aliphatic rings. The number of carbonyl (C=O) groups excluding carboxylic acids is 1. The topological polar surface area (TPSA) is 65.8 Å². The van der Waals surface area contributed by atoms with E-state index in [4.69, 9.17) is 5.26 Å². The SMILES string of the molecule is Cc1ccc(NC(=O)C(C)(C)C#N)cn1. The second kappa shape index (κ2) is 4.09. The van der Waals surface area contributed by atoms with Crippen LogP contribution in [0.1, 0.15) is 19.5 Å². The fourth-order valence-electron chi connectivity index (χ4n) is 0.880. The minimum atomic E-state index is -1.02. The number of anilines is 1. The lowest BCUT2D eigenvalue weighted by Crippen LogP contribution is -2.29. The molecule has 1 amide bonds. The molecule has 0 aliphatic heterocycles. The summed E-state index contributed by atoms with van der Waals surface area (Å²) in [6.45, 7) is 5.01. The molecule has 0 saturated heterocycles. The van der Waals surface area contributed by atoms with E-state index in [-0.39, 0.29) is 5.91 Å². The number of nitrogens with zero attached hydrogens (tertiary/aromatic N) is 2. The highest BCUT2D eigenvalue weighted by atomic mass is 16.2. The van der Waals surface area contributed by atoms with Crippen molar-refractivity contribution in [2.45, 2.75) is 20.8 Å². The van der Waals surface area contributed by atoms with E-state index in [1.165, 1.54) is 0 Å². The standard InChI is InChI=1S/C11H13N3O/c1-8-4-5-9(6-13-8)14-10(15)11(2,3)7-12/h4-6H,1-3H3,(H,14,15). The van der Waals surface area contributed by atoms with Crippen molar-refractivity contribution in [3.8, 4) is 6.07 Å². The summed E-state index contributed by atoms with van der Waals surface area (Å²) in [6, 6.07) is 5.50. The summed E-state index contributed by atoms with van der Waals surface area (Å²) < 4.78 is 0. The number of carbonyl (C=O) groups is 1. The molecule has 0 aromatic carbocycles. The summed E-state index contributed by atoms with van der Waals surface area (Å²) >= 11 is 0. The number of nitriles is 1. The van der Waals surface area contributed by atoms with Gasteiger partial charge in [-0.3, -0.25) is 9.78 Å². The van der Waals surface area contributed by atoms with E-state index in [0.717, 1.165) is 5.69 Å². The van der Waals surface area contributed by atoms with Crippen molar-refractivity contribution in [2.24, 2.45) is 5.41 Å². The zero-order valence-electron chi connectivity index (χ0n) is 9.03. The molecule has 1 N–H and O–H groups in total. The maximum absolute atomic E-state index is 11.6. The molecular weight excluding hydrogens is 190 g/mol. The van der Waals surface area contributed by atoms with Gasteiger partial charge < -0.3 is 5.32 Å². The Labute approximate surface area is 88.9 Å². The Hall–Kier alpha value is -1.89. The molecule has 0 aliphatic carbocycles. The average molecular weight is 203 g/mol. The monoisotopic (exact) mass is 203 g/mol. The number of pyridine rings is 1. The highest BCUT2D eigenvalue weighted by Gasteiger charge is 2.27. The molecule has 1 rings (SSSR count). The van der Waals surface area contributed by atoms with Gasteiger partial charge in [0.25, 0.3) is 0 Å². The summed E-state index contributed by atoms with van der Waals surface area (Å²) in [7, 11) is 0. The number of amides is 1. The Morgan fingerprint density at radius 3 is 2.67 bits per heavy atom. The van der Waals surface area contributed by atoms with Gasteiger partial charge in [0.2, 0.25) is 5.91 Å². The molecule has 4 heteroatoms. The predicted molar refractivity (Wildman–Crippen MR) is 57.0 cm³/mol. The zero-order chi connectivity index (χ0) is 11.5. The molecule has 0 bridgehead atoms. The smallest absolute Gasteiger partial charge is 0.244 e. The third kappa shape index (κ3) is 2.78. The van der Waals surface area contributed by atoms with Crippen LogP contribution >= 0.6 is 0 Å². The zero-order valence-corrected chi connectivity index (χ0v) is 9.03. The molecule has 1 heterocycles. The average Bonchev–Trinajstić information content (AvgIpc) is 2.21. The van der Waals surface area contributed by atoms with Gasteiger partial charge >= 0.3 is 0 Å². The van der Waals surface area contributed by atoms with Crippen LogP contribution in [0, 0.1) is 23.7 Å². The molecule has 1 aromatic heterocycles. The van der Waals surface area contributed by atoms with Crippen molar-refractivity contribution in [3.63, 3.8) is 0 Å².